The number of rotatable bonds is 4. The second-order valence-corrected chi connectivity index (χ2v) is 6.02. The van der Waals surface area contributed by atoms with E-state index in [0.29, 0.717) is 13.2 Å². The van der Waals surface area contributed by atoms with Crippen LogP contribution < -0.4 is 0 Å². The molecule has 0 aromatic carbocycles. The highest BCUT2D eigenvalue weighted by molar-refractivity contribution is 7.85. The fraction of sp³-hybridized carbons (Fsp3) is 1.00. The topological polar surface area (TPSA) is 55.8 Å². The number of hydrogen-bond acceptors (Lipinski definition) is 5. The van der Waals surface area contributed by atoms with Crippen LogP contribution in [0.2, 0.25) is 0 Å². The largest absolute Gasteiger partial charge is 0.379 e. The Morgan fingerprint density at radius 3 is 2.33 bits per heavy atom. The van der Waals surface area contributed by atoms with Crippen molar-refractivity contribution in [1.29, 1.82) is 0 Å². The Morgan fingerprint density at radius 1 is 1.33 bits per heavy atom. The Labute approximate surface area is 91.5 Å². The Balaban J connectivity index is 2.49. The van der Waals surface area contributed by atoms with E-state index in [2.05, 4.69) is 4.90 Å². The predicted molar refractivity (Wildman–Crippen MR) is 57.3 cm³/mol. The van der Waals surface area contributed by atoms with E-state index in [1.54, 1.807) is 0 Å². The van der Waals surface area contributed by atoms with Crippen molar-refractivity contribution >= 4 is 10.1 Å². The summed E-state index contributed by atoms with van der Waals surface area (Å²) < 4.78 is 31.9. The maximum atomic E-state index is 10.9. The average molecular weight is 237 g/mol. The molecule has 1 fully saturated rings. The standard InChI is InChI=1S/C9H19NO4S/c1-9(2,8-14-15(3,11)12)10-4-6-13-7-5-10/h4-8H2,1-3H3. The van der Waals surface area contributed by atoms with Gasteiger partial charge in [0, 0.05) is 18.6 Å². The lowest BCUT2D eigenvalue weighted by atomic mass is 10.0. The van der Waals surface area contributed by atoms with Crippen molar-refractivity contribution < 1.29 is 17.3 Å². The van der Waals surface area contributed by atoms with Crippen molar-refractivity contribution in [3.63, 3.8) is 0 Å². The Bertz CT molecular complexity index is 293. The molecule has 5 nitrogen and oxygen atoms in total. The fourth-order valence-electron chi connectivity index (χ4n) is 1.51. The molecule has 0 atom stereocenters. The first kappa shape index (κ1) is 12.9. The minimum atomic E-state index is -3.35. The van der Waals surface area contributed by atoms with Gasteiger partial charge in [-0.25, -0.2) is 0 Å². The van der Waals surface area contributed by atoms with Gasteiger partial charge in [0.1, 0.15) is 0 Å². The van der Waals surface area contributed by atoms with Gasteiger partial charge >= 0.3 is 0 Å². The van der Waals surface area contributed by atoms with E-state index in [1.165, 1.54) is 0 Å². The molecule has 0 N–H and O–H groups in total. The number of nitrogens with zero attached hydrogens (tertiary/aromatic N) is 1. The molecule has 0 saturated carbocycles. The molecule has 1 aliphatic rings. The third-order valence-corrected chi connectivity index (χ3v) is 3.04. The Kier molecular flexibility index (Phi) is 4.11. The van der Waals surface area contributed by atoms with E-state index < -0.39 is 10.1 Å². The summed E-state index contributed by atoms with van der Waals surface area (Å²) in [5.41, 5.74) is -0.271. The predicted octanol–water partition coefficient (Wildman–Crippen LogP) is 0.0734. The third-order valence-electron chi connectivity index (χ3n) is 2.49. The Hall–Kier alpha value is -0.170. The van der Waals surface area contributed by atoms with Gasteiger partial charge in [0.2, 0.25) is 0 Å². The maximum Gasteiger partial charge on any atom is 0.264 e. The van der Waals surface area contributed by atoms with Gasteiger partial charge < -0.3 is 4.74 Å². The van der Waals surface area contributed by atoms with Gasteiger partial charge in [-0.15, -0.1) is 0 Å². The molecular formula is C9H19NO4S. The molecule has 6 heteroatoms. The SMILES string of the molecule is CC(C)(COS(C)(=O)=O)N1CCOCC1. The molecule has 0 amide bonds. The maximum absolute atomic E-state index is 10.9. The molecule has 1 heterocycles. The van der Waals surface area contributed by atoms with Crippen molar-refractivity contribution in [3.8, 4) is 0 Å². The molecule has 0 aromatic rings. The summed E-state index contributed by atoms with van der Waals surface area (Å²) >= 11 is 0. The van der Waals surface area contributed by atoms with Crippen LogP contribution in [-0.4, -0.2) is 58.0 Å². The first-order valence-corrected chi connectivity index (χ1v) is 6.80. The van der Waals surface area contributed by atoms with Crippen LogP contribution in [0.25, 0.3) is 0 Å². The van der Waals surface area contributed by atoms with E-state index in [-0.39, 0.29) is 12.1 Å². The van der Waals surface area contributed by atoms with Gasteiger partial charge in [-0.2, -0.15) is 8.42 Å². The van der Waals surface area contributed by atoms with Crippen LogP contribution in [0.5, 0.6) is 0 Å². The van der Waals surface area contributed by atoms with Crippen LogP contribution >= 0.6 is 0 Å². The fourth-order valence-corrected chi connectivity index (χ4v) is 2.01. The zero-order chi connectivity index (χ0) is 11.5. The normalized spacial score (nSPS) is 20.5. The van der Waals surface area contributed by atoms with Crippen molar-refractivity contribution in [2.75, 3.05) is 39.2 Å². The van der Waals surface area contributed by atoms with Crippen LogP contribution in [0.1, 0.15) is 13.8 Å². The van der Waals surface area contributed by atoms with Gasteiger partial charge in [0.05, 0.1) is 26.1 Å². The molecule has 1 aliphatic heterocycles. The molecule has 0 aliphatic carbocycles. The van der Waals surface area contributed by atoms with Gasteiger partial charge in [-0.05, 0) is 13.8 Å². The zero-order valence-electron chi connectivity index (χ0n) is 9.52. The summed E-state index contributed by atoms with van der Waals surface area (Å²) in [4.78, 5) is 2.18. The molecule has 15 heavy (non-hydrogen) atoms. The summed E-state index contributed by atoms with van der Waals surface area (Å²) in [5.74, 6) is 0. The second kappa shape index (κ2) is 4.78. The monoisotopic (exact) mass is 237 g/mol. The molecule has 1 rings (SSSR count). The molecule has 90 valence electrons. The second-order valence-electron chi connectivity index (χ2n) is 4.38. The molecule has 1 saturated heterocycles. The first-order chi connectivity index (χ1) is 6.81. The summed E-state index contributed by atoms with van der Waals surface area (Å²) in [7, 11) is -3.35. The Morgan fingerprint density at radius 2 is 1.87 bits per heavy atom. The van der Waals surface area contributed by atoms with Crippen LogP contribution in [0.3, 0.4) is 0 Å². The van der Waals surface area contributed by atoms with E-state index in [9.17, 15) is 8.42 Å². The molecule has 0 unspecified atom stereocenters. The van der Waals surface area contributed by atoms with Crippen LogP contribution in [0.4, 0.5) is 0 Å². The summed E-state index contributed by atoms with van der Waals surface area (Å²) in [5, 5.41) is 0. The van der Waals surface area contributed by atoms with Gasteiger partial charge in [-0.1, -0.05) is 0 Å². The lowest BCUT2D eigenvalue weighted by Gasteiger charge is -2.40. The number of morpholine rings is 1. The van der Waals surface area contributed by atoms with Crippen molar-refractivity contribution in [2.24, 2.45) is 0 Å². The van der Waals surface area contributed by atoms with Crippen molar-refractivity contribution in [3.05, 3.63) is 0 Å². The van der Waals surface area contributed by atoms with Gasteiger partial charge in [-0.3, -0.25) is 9.08 Å². The molecule has 0 aromatic heterocycles. The van der Waals surface area contributed by atoms with Gasteiger partial charge in [0.15, 0.2) is 0 Å². The lowest BCUT2D eigenvalue weighted by Crippen LogP contribution is -2.52. The minimum absolute atomic E-state index is 0.186. The highest BCUT2D eigenvalue weighted by Gasteiger charge is 2.29. The van der Waals surface area contributed by atoms with Crippen LogP contribution in [-0.2, 0) is 19.0 Å². The van der Waals surface area contributed by atoms with Crippen molar-refractivity contribution in [1.82, 2.24) is 4.90 Å². The lowest BCUT2D eigenvalue weighted by molar-refractivity contribution is -0.0241. The van der Waals surface area contributed by atoms with E-state index >= 15 is 0 Å². The zero-order valence-corrected chi connectivity index (χ0v) is 10.3. The highest BCUT2D eigenvalue weighted by Crippen LogP contribution is 2.17. The van der Waals surface area contributed by atoms with E-state index in [0.717, 1.165) is 19.3 Å². The summed E-state index contributed by atoms with van der Waals surface area (Å²) in [6, 6.07) is 0. The van der Waals surface area contributed by atoms with Crippen LogP contribution in [0, 0.1) is 0 Å². The average Bonchev–Trinajstić information content (AvgIpc) is 2.16. The summed E-state index contributed by atoms with van der Waals surface area (Å²) in [6.45, 7) is 7.17. The first-order valence-electron chi connectivity index (χ1n) is 4.98. The van der Waals surface area contributed by atoms with Gasteiger partial charge in [0.25, 0.3) is 10.1 Å². The third kappa shape index (κ3) is 4.46. The molecular weight excluding hydrogens is 218 g/mol. The minimum Gasteiger partial charge on any atom is -0.379 e. The quantitative estimate of drug-likeness (QED) is 0.648. The summed E-state index contributed by atoms with van der Waals surface area (Å²) in [6.07, 6.45) is 1.07. The van der Waals surface area contributed by atoms with E-state index in [4.69, 9.17) is 8.92 Å². The molecule has 0 bridgehead atoms. The number of hydrogen-bond donors (Lipinski definition) is 0. The number of ether oxygens (including phenoxy) is 1. The smallest absolute Gasteiger partial charge is 0.264 e. The van der Waals surface area contributed by atoms with E-state index in [1.807, 2.05) is 13.8 Å². The molecule has 0 spiro atoms. The van der Waals surface area contributed by atoms with Crippen molar-refractivity contribution in [2.45, 2.75) is 19.4 Å². The van der Waals surface area contributed by atoms with Crippen LogP contribution in [0.15, 0.2) is 0 Å². The highest BCUT2D eigenvalue weighted by atomic mass is 32.2. The molecule has 0 radical (unpaired) electrons.